The van der Waals surface area contributed by atoms with Crippen molar-refractivity contribution in [2.24, 2.45) is 0 Å². The Hall–Kier alpha value is -1.52. The van der Waals surface area contributed by atoms with Crippen LogP contribution >= 0.6 is 23.1 Å². The van der Waals surface area contributed by atoms with Crippen LogP contribution in [0.2, 0.25) is 0 Å². The van der Waals surface area contributed by atoms with Gasteiger partial charge >= 0.3 is 0 Å². The molecule has 4 heteroatoms. The number of aryl methyl sites for hydroxylation is 1. The molecule has 21 heavy (non-hydrogen) atoms. The van der Waals surface area contributed by atoms with E-state index in [2.05, 4.69) is 35.6 Å². The summed E-state index contributed by atoms with van der Waals surface area (Å²) in [5.74, 6) is 1.89. The lowest BCUT2D eigenvalue weighted by Gasteiger charge is -2.03. The molecule has 0 saturated carbocycles. The Labute approximate surface area is 134 Å². The lowest BCUT2D eigenvalue weighted by atomic mass is 10.2. The maximum atomic E-state index is 11.7. The number of carbonyl (C=O) groups excluding carboxylic acids is 1. The molecule has 0 fully saturated rings. The molecule has 0 spiro atoms. The fourth-order valence-corrected chi connectivity index (χ4v) is 3.41. The van der Waals surface area contributed by atoms with Crippen LogP contribution in [-0.4, -0.2) is 18.2 Å². The Bertz CT molecular complexity index is 590. The van der Waals surface area contributed by atoms with Crippen LogP contribution in [0.1, 0.15) is 16.0 Å². The average molecular weight is 317 g/mol. The van der Waals surface area contributed by atoms with Crippen molar-refractivity contribution in [3.8, 4) is 0 Å². The number of thioether (sulfide) groups is 1. The monoisotopic (exact) mass is 317 g/mol. The van der Waals surface area contributed by atoms with E-state index in [-0.39, 0.29) is 5.91 Å². The molecule has 2 rings (SSSR count). The zero-order valence-electron chi connectivity index (χ0n) is 12.0. The Kier molecular flexibility index (Phi) is 6.57. The van der Waals surface area contributed by atoms with Gasteiger partial charge in [0.25, 0.3) is 0 Å². The summed E-state index contributed by atoms with van der Waals surface area (Å²) in [4.78, 5) is 12.8. The zero-order chi connectivity index (χ0) is 14.9. The number of rotatable bonds is 7. The molecule has 1 heterocycles. The first-order chi connectivity index (χ1) is 10.3. The van der Waals surface area contributed by atoms with Gasteiger partial charge in [-0.05, 0) is 35.6 Å². The molecule has 0 bridgehead atoms. The van der Waals surface area contributed by atoms with Gasteiger partial charge in [0.2, 0.25) is 5.91 Å². The molecule has 1 aromatic carbocycles. The molecule has 0 aliphatic heterocycles. The first kappa shape index (κ1) is 15.9. The summed E-state index contributed by atoms with van der Waals surface area (Å²) in [6, 6.07) is 12.4. The summed E-state index contributed by atoms with van der Waals surface area (Å²) in [7, 11) is 0. The Morgan fingerprint density at radius 3 is 2.81 bits per heavy atom. The van der Waals surface area contributed by atoms with Gasteiger partial charge < -0.3 is 5.32 Å². The first-order valence-corrected chi connectivity index (χ1v) is 8.91. The molecule has 110 valence electrons. The molecule has 1 N–H and O–H groups in total. The zero-order valence-corrected chi connectivity index (χ0v) is 13.7. The highest BCUT2D eigenvalue weighted by atomic mass is 32.2. The van der Waals surface area contributed by atoms with Gasteiger partial charge in [-0.25, -0.2) is 0 Å². The number of benzene rings is 1. The Balaban J connectivity index is 1.61. The van der Waals surface area contributed by atoms with E-state index in [0.29, 0.717) is 6.54 Å². The minimum absolute atomic E-state index is 0.0249. The molecular formula is C17H19NOS2. The molecule has 1 amide bonds. The van der Waals surface area contributed by atoms with E-state index in [1.807, 2.05) is 36.2 Å². The predicted molar refractivity (Wildman–Crippen MR) is 93.7 cm³/mol. The highest BCUT2D eigenvalue weighted by Crippen LogP contribution is 2.16. The fourth-order valence-electron chi connectivity index (χ4n) is 1.78. The van der Waals surface area contributed by atoms with Crippen molar-refractivity contribution in [3.63, 3.8) is 0 Å². The number of carbonyl (C=O) groups is 1. The molecule has 2 nitrogen and oxygen atoms in total. The maximum absolute atomic E-state index is 11.7. The van der Waals surface area contributed by atoms with Gasteiger partial charge in [-0.2, -0.15) is 11.8 Å². The molecule has 0 radical (unpaired) electrons. The first-order valence-electron chi connectivity index (χ1n) is 6.87. The molecule has 0 unspecified atom stereocenters. The largest absolute Gasteiger partial charge is 0.352 e. The smallest absolute Gasteiger partial charge is 0.244 e. The third-order valence-corrected chi connectivity index (χ3v) is 4.96. The van der Waals surface area contributed by atoms with E-state index in [1.165, 1.54) is 11.1 Å². The van der Waals surface area contributed by atoms with Crippen LogP contribution in [-0.2, 0) is 10.5 Å². The topological polar surface area (TPSA) is 29.1 Å². The second-order valence-electron chi connectivity index (χ2n) is 4.63. The van der Waals surface area contributed by atoms with E-state index in [4.69, 9.17) is 0 Å². The van der Waals surface area contributed by atoms with Crippen molar-refractivity contribution in [2.45, 2.75) is 12.7 Å². The van der Waals surface area contributed by atoms with Crippen molar-refractivity contribution in [1.82, 2.24) is 5.32 Å². The minimum atomic E-state index is -0.0249. The summed E-state index contributed by atoms with van der Waals surface area (Å²) in [5.41, 5.74) is 2.53. The number of hydrogen-bond acceptors (Lipinski definition) is 3. The van der Waals surface area contributed by atoms with Gasteiger partial charge in [0, 0.05) is 29.0 Å². The highest BCUT2D eigenvalue weighted by Gasteiger charge is 1.98. The van der Waals surface area contributed by atoms with Gasteiger partial charge in [-0.1, -0.05) is 30.3 Å². The van der Waals surface area contributed by atoms with Crippen molar-refractivity contribution in [3.05, 3.63) is 63.9 Å². The lowest BCUT2D eigenvalue weighted by molar-refractivity contribution is -0.116. The summed E-state index contributed by atoms with van der Waals surface area (Å²) in [5, 5.41) is 4.94. The highest BCUT2D eigenvalue weighted by molar-refractivity contribution is 7.98. The van der Waals surface area contributed by atoms with E-state index in [0.717, 1.165) is 16.4 Å². The van der Waals surface area contributed by atoms with Gasteiger partial charge in [0.05, 0.1) is 0 Å². The van der Waals surface area contributed by atoms with Gasteiger partial charge in [-0.15, -0.1) is 11.3 Å². The molecule has 1 aromatic heterocycles. The van der Waals surface area contributed by atoms with Crippen LogP contribution in [0.5, 0.6) is 0 Å². The van der Waals surface area contributed by atoms with Gasteiger partial charge in [0.1, 0.15) is 0 Å². The minimum Gasteiger partial charge on any atom is -0.352 e. The predicted octanol–water partition coefficient (Wildman–Crippen LogP) is 4.12. The third-order valence-electron chi connectivity index (χ3n) is 2.94. The van der Waals surface area contributed by atoms with E-state index in [9.17, 15) is 4.79 Å². The number of thiophene rings is 1. The molecule has 0 atom stereocenters. The molecular weight excluding hydrogens is 298 g/mol. The SMILES string of the molecule is Cc1ccsc1/C=C/C(=O)NCCSCc1ccccc1. The molecule has 0 saturated heterocycles. The Morgan fingerprint density at radius 2 is 2.10 bits per heavy atom. The van der Waals surface area contributed by atoms with E-state index < -0.39 is 0 Å². The van der Waals surface area contributed by atoms with Gasteiger partial charge in [-0.3, -0.25) is 4.79 Å². The van der Waals surface area contributed by atoms with Crippen molar-refractivity contribution in [2.75, 3.05) is 12.3 Å². The van der Waals surface area contributed by atoms with Crippen molar-refractivity contribution >= 4 is 35.1 Å². The van der Waals surface area contributed by atoms with Crippen LogP contribution in [0.3, 0.4) is 0 Å². The lowest BCUT2D eigenvalue weighted by Crippen LogP contribution is -2.23. The molecule has 0 aliphatic rings. The number of amides is 1. The van der Waals surface area contributed by atoms with E-state index >= 15 is 0 Å². The summed E-state index contributed by atoms with van der Waals surface area (Å²) in [6.07, 6.45) is 3.49. The van der Waals surface area contributed by atoms with Crippen LogP contribution in [0.15, 0.2) is 47.9 Å². The molecule has 0 aliphatic carbocycles. The fraction of sp³-hybridized carbons (Fsp3) is 0.235. The number of nitrogens with one attached hydrogen (secondary N) is 1. The standard InChI is InChI=1S/C17H19NOS2/c1-14-9-11-21-16(14)7-8-17(19)18-10-12-20-13-15-5-3-2-4-6-15/h2-9,11H,10,12-13H2,1H3,(H,18,19)/b8-7+. The average Bonchev–Trinajstić information content (AvgIpc) is 2.91. The van der Waals surface area contributed by atoms with Crippen LogP contribution in [0.4, 0.5) is 0 Å². The van der Waals surface area contributed by atoms with Crippen LogP contribution in [0.25, 0.3) is 6.08 Å². The van der Waals surface area contributed by atoms with Gasteiger partial charge in [0.15, 0.2) is 0 Å². The Morgan fingerprint density at radius 1 is 1.29 bits per heavy atom. The van der Waals surface area contributed by atoms with Crippen LogP contribution in [0, 0.1) is 6.92 Å². The van der Waals surface area contributed by atoms with E-state index in [1.54, 1.807) is 17.4 Å². The second-order valence-corrected chi connectivity index (χ2v) is 6.68. The maximum Gasteiger partial charge on any atom is 0.244 e. The third kappa shape index (κ3) is 5.78. The quantitative estimate of drug-likeness (QED) is 0.615. The van der Waals surface area contributed by atoms with Crippen LogP contribution < -0.4 is 5.32 Å². The second kappa shape index (κ2) is 8.70. The molecule has 2 aromatic rings. The summed E-state index contributed by atoms with van der Waals surface area (Å²) >= 11 is 3.48. The van der Waals surface area contributed by atoms with Crippen molar-refractivity contribution < 1.29 is 4.79 Å². The van der Waals surface area contributed by atoms with Crippen molar-refractivity contribution in [1.29, 1.82) is 0 Å². The summed E-state index contributed by atoms with van der Waals surface area (Å²) in [6.45, 7) is 2.75. The normalized spacial score (nSPS) is 10.9. The summed E-state index contributed by atoms with van der Waals surface area (Å²) < 4.78 is 0. The number of hydrogen-bond donors (Lipinski definition) is 1.